The number of nitrogen functional groups attached to an aromatic ring is 1. The van der Waals surface area contributed by atoms with Crippen LogP contribution in [0.4, 0.5) is 5.69 Å². The molecule has 0 unspecified atom stereocenters. The number of carboxylic acids is 1. The minimum absolute atomic E-state index is 0. The van der Waals surface area contributed by atoms with Crippen LogP contribution in [0.1, 0.15) is 12.1 Å². The van der Waals surface area contributed by atoms with Crippen LogP contribution in [-0.4, -0.2) is 30.8 Å². The fourth-order valence-corrected chi connectivity index (χ4v) is 2.04. The molecule has 0 saturated heterocycles. The normalized spacial score (nSPS) is 9.43. The van der Waals surface area contributed by atoms with E-state index >= 15 is 0 Å². The molecule has 0 aliphatic rings. The van der Waals surface area contributed by atoms with Crippen LogP contribution in [-0.2, 0) is 11.3 Å². The van der Waals surface area contributed by atoms with Gasteiger partial charge in [0.1, 0.15) is 0 Å². The molecule has 8 nitrogen and oxygen atoms in total. The molecule has 5 N–H and O–H groups in total. The van der Waals surface area contributed by atoms with E-state index in [1.54, 1.807) is 0 Å². The number of carbonyl (C=O) groups is 1. The van der Waals surface area contributed by atoms with Gasteiger partial charge < -0.3 is 21.1 Å². The zero-order valence-electron chi connectivity index (χ0n) is 11.8. The van der Waals surface area contributed by atoms with E-state index in [0.29, 0.717) is 11.1 Å². The number of rotatable bonds is 3. The summed E-state index contributed by atoms with van der Waals surface area (Å²) < 4.78 is 1.10. The van der Waals surface area contributed by atoms with Gasteiger partial charge >= 0.3 is 11.7 Å². The Kier molecular flexibility index (Phi) is 9.45. The highest BCUT2D eigenvalue weighted by atomic mass is 79.9. The number of aryl methyl sites for hydroxylation is 2. The van der Waals surface area contributed by atoms with E-state index in [2.05, 4.69) is 4.98 Å². The Morgan fingerprint density at radius 3 is 2.39 bits per heavy atom. The van der Waals surface area contributed by atoms with Gasteiger partial charge in [-0.15, -0.1) is 50.9 Å². The second kappa shape index (κ2) is 9.08. The van der Waals surface area contributed by atoms with Crippen molar-refractivity contribution < 1.29 is 20.1 Å². The highest BCUT2D eigenvalue weighted by molar-refractivity contribution is 8.93. The van der Waals surface area contributed by atoms with Gasteiger partial charge in [-0.3, -0.25) is 9.36 Å². The highest BCUT2D eigenvalue weighted by Crippen LogP contribution is 2.38. The summed E-state index contributed by atoms with van der Waals surface area (Å²) in [4.78, 5) is 26.2. The zero-order valence-corrected chi connectivity index (χ0v) is 17.0. The molecule has 2 rings (SSSR count). The first kappa shape index (κ1) is 23.9. The number of aromatic hydroxyl groups is 2. The Morgan fingerprint density at radius 2 is 1.87 bits per heavy atom. The Hall–Kier alpha value is -1.33. The van der Waals surface area contributed by atoms with Crippen LogP contribution in [0.2, 0.25) is 0 Å². The summed E-state index contributed by atoms with van der Waals surface area (Å²) in [5.74, 6) is -2.04. The van der Waals surface area contributed by atoms with E-state index in [-0.39, 0.29) is 75.1 Å². The van der Waals surface area contributed by atoms with E-state index < -0.39 is 23.2 Å². The standard InChI is InChI=1S/C12H13N3O5.3BrH/c1-5-9-6(4-7(16)11(19)10(9)13)15(12(20)14-5)3-2-8(17)18;;;/h4,16,19H,2-3,13H2,1H3,(H,17,18);3*1H. The predicted octanol–water partition coefficient (Wildman–Crippen LogP) is 1.91. The van der Waals surface area contributed by atoms with Crippen molar-refractivity contribution in [1.29, 1.82) is 0 Å². The lowest BCUT2D eigenvalue weighted by molar-refractivity contribution is -0.137. The summed E-state index contributed by atoms with van der Waals surface area (Å²) in [6.45, 7) is 1.43. The third-order valence-corrected chi connectivity index (χ3v) is 2.99. The molecule has 0 bridgehead atoms. The van der Waals surface area contributed by atoms with Crippen LogP contribution in [0.5, 0.6) is 11.5 Å². The number of hydrogen-bond acceptors (Lipinski definition) is 6. The number of carboxylic acid groups (broad SMARTS) is 1. The van der Waals surface area contributed by atoms with Crippen LogP contribution in [0.25, 0.3) is 10.9 Å². The third kappa shape index (κ3) is 4.58. The topological polar surface area (TPSA) is 139 Å². The van der Waals surface area contributed by atoms with Gasteiger partial charge in [-0.05, 0) is 6.92 Å². The maximum atomic E-state index is 11.8. The van der Waals surface area contributed by atoms with E-state index in [9.17, 15) is 19.8 Å². The average molecular weight is 522 g/mol. The number of nitrogens with zero attached hydrogens (tertiary/aromatic N) is 2. The third-order valence-electron chi connectivity index (χ3n) is 2.99. The lowest BCUT2D eigenvalue weighted by Gasteiger charge is -2.13. The van der Waals surface area contributed by atoms with Crippen molar-refractivity contribution in [2.45, 2.75) is 19.9 Å². The molecular weight excluding hydrogens is 506 g/mol. The van der Waals surface area contributed by atoms with Crippen molar-refractivity contribution in [2.24, 2.45) is 0 Å². The highest BCUT2D eigenvalue weighted by Gasteiger charge is 2.16. The van der Waals surface area contributed by atoms with Crippen LogP contribution < -0.4 is 11.4 Å². The van der Waals surface area contributed by atoms with Gasteiger partial charge in [0.15, 0.2) is 11.5 Å². The predicted molar refractivity (Wildman–Crippen MR) is 102 cm³/mol. The number of fused-ring (bicyclic) bond motifs is 1. The summed E-state index contributed by atoms with van der Waals surface area (Å²) in [7, 11) is 0. The molecular formula is C12H16Br3N3O5. The van der Waals surface area contributed by atoms with Crippen molar-refractivity contribution >= 4 is 73.5 Å². The first-order chi connectivity index (χ1) is 9.32. The molecule has 23 heavy (non-hydrogen) atoms. The van der Waals surface area contributed by atoms with Gasteiger partial charge in [-0.1, -0.05) is 0 Å². The molecule has 130 valence electrons. The molecule has 0 saturated carbocycles. The van der Waals surface area contributed by atoms with E-state index in [1.165, 1.54) is 13.0 Å². The van der Waals surface area contributed by atoms with Crippen molar-refractivity contribution in [1.82, 2.24) is 9.55 Å². The molecule has 1 heterocycles. The van der Waals surface area contributed by atoms with Crippen LogP contribution in [0.3, 0.4) is 0 Å². The molecule has 1 aromatic heterocycles. The summed E-state index contributed by atoms with van der Waals surface area (Å²) in [6.07, 6.45) is -0.276. The van der Waals surface area contributed by atoms with Crippen molar-refractivity contribution in [3.8, 4) is 11.5 Å². The molecule has 0 fully saturated rings. The fraction of sp³-hybridized carbons (Fsp3) is 0.250. The first-order valence-electron chi connectivity index (χ1n) is 5.76. The SMILES string of the molecule is Br.Br.Br.Cc1nc(=O)n(CCC(=O)O)c2cc(O)c(O)c(N)c12. The molecule has 11 heteroatoms. The quantitative estimate of drug-likeness (QED) is 0.357. The van der Waals surface area contributed by atoms with E-state index in [1.807, 2.05) is 0 Å². The lowest BCUT2D eigenvalue weighted by atomic mass is 10.1. The summed E-state index contributed by atoms with van der Waals surface area (Å²) in [6, 6.07) is 1.17. The largest absolute Gasteiger partial charge is 0.504 e. The number of phenols is 2. The summed E-state index contributed by atoms with van der Waals surface area (Å²) in [5.41, 5.74) is 5.50. The number of benzene rings is 1. The molecule has 0 spiro atoms. The Balaban J connectivity index is 0. The number of aromatic nitrogens is 2. The van der Waals surface area contributed by atoms with E-state index in [4.69, 9.17) is 10.8 Å². The van der Waals surface area contributed by atoms with Crippen LogP contribution >= 0.6 is 50.9 Å². The molecule has 2 aromatic rings. The number of phenolic OH excluding ortho intramolecular Hbond substituents is 2. The minimum Gasteiger partial charge on any atom is -0.504 e. The van der Waals surface area contributed by atoms with Crippen molar-refractivity contribution in [3.05, 3.63) is 22.2 Å². The molecule has 0 amide bonds. The number of anilines is 1. The number of halogens is 3. The maximum Gasteiger partial charge on any atom is 0.348 e. The van der Waals surface area contributed by atoms with Gasteiger partial charge in [-0.25, -0.2) is 4.79 Å². The van der Waals surface area contributed by atoms with Gasteiger partial charge in [-0.2, -0.15) is 4.98 Å². The fourth-order valence-electron chi connectivity index (χ4n) is 2.04. The lowest BCUT2D eigenvalue weighted by Crippen LogP contribution is -2.25. The smallest absolute Gasteiger partial charge is 0.348 e. The minimum atomic E-state index is -1.07. The second-order valence-electron chi connectivity index (χ2n) is 4.33. The number of aliphatic carboxylic acids is 1. The Morgan fingerprint density at radius 1 is 1.30 bits per heavy atom. The molecule has 0 radical (unpaired) electrons. The van der Waals surface area contributed by atoms with E-state index in [0.717, 1.165) is 4.57 Å². The van der Waals surface area contributed by atoms with Gasteiger partial charge in [0.2, 0.25) is 0 Å². The van der Waals surface area contributed by atoms with Crippen LogP contribution in [0.15, 0.2) is 10.9 Å². The van der Waals surface area contributed by atoms with Crippen molar-refractivity contribution in [2.75, 3.05) is 5.73 Å². The Bertz CT molecular complexity index is 779. The van der Waals surface area contributed by atoms with Crippen LogP contribution in [0, 0.1) is 6.92 Å². The number of hydrogen-bond donors (Lipinski definition) is 4. The van der Waals surface area contributed by atoms with Gasteiger partial charge in [0, 0.05) is 18.0 Å². The van der Waals surface area contributed by atoms with Crippen molar-refractivity contribution in [3.63, 3.8) is 0 Å². The maximum absolute atomic E-state index is 11.8. The van der Waals surface area contributed by atoms with Gasteiger partial charge in [0.25, 0.3) is 0 Å². The van der Waals surface area contributed by atoms with Gasteiger partial charge in [0.05, 0.1) is 23.3 Å². The molecule has 0 aliphatic carbocycles. The second-order valence-corrected chi connectivity index (χ2v) is 4.33. The molecule has 1 aromatic carbocycles. The Labute approximate surface area is 162 Å². The first-order valence-corrected chi connectivity index (χ1v) is 5.76. The summed E-state index contributed by atoms with van der Waals surface area (Å²) >= 11 is 0. The average Bonchev–Trinajstić information content (AvgIpc) is 2.34. The molecule has 0 aliphatic heterocycles. The molecule has 0 atom stereocenters. The summed E-state index contributed by atoms with van der Waals surface area (Å²) in [5, 5.41) is 28.2. The monoisotopic (exact) mass is 519 g/mol. The number of nitrogens with two attached hydrogens (primary N) is 1. The zero-order chi connectivity index (χ0) is 15.0.